The Labute approximate surface area is 198 Å². The van der Waals surface area contributed by atoms with E-state index in [1.54, 1.807) is 27.7 Å². The van der Waals surface area contributed by atoms with Crippen LogP contribution in [-0.4, -0.2) is 68.9 Å². The molecule has 0 unspecified atom stereocenters. The maximum Gasteiger partial charge on any atom is 0.345 e. The van der Waals surface area contributed by atoms with Gasteiger partial charge in [-0.25, -0.2) is 9.98 Å². The molecule has 12 heteroatoms. The molecule has 194 valence electrons. The Hall–Kier alpha value is -0.760. The van der Waals surface area contributed by atoms with Gasteiger partial charge in [0.2, 0.25) is 11.8 Å². The third-order valence-electron chi connectivity index (χ3n) is 4.70. The Bertz CT molecular complexity index is 694. The molecule has 0 aromatic carbocycles. The summed E-state index contributed by atoms with van der Waals surface area (Å²) in [6.07, 6.45) is -0.0330. The van der Waals surface area contributed by atoms with Gasteiger partial charge >= 0.3 is 15.2 Å². The van der Waals surface area contributed by atoms with Crippen molar-refractivity contribution in [3.05, 3.63) is 0 Å². The fourth-order valence-corrected chi connectivity index (χ4v) is 8.85. The molecule has 1 rings (SSSR count). The summed E-state index contributed by atoms with van der Waals surface area (Å²) in [6, 6.07) is -1.02. The van der Waals surface area contributed by atoms with Crippen molar-refractivity contribution in [1.82, 2.24) is 0 Å². The van der Waals surface area contributed by atoms with Crippen LogP contribution in [0.1, 0.15) is 61.8 Å². The van der Waals surface area contributed by atoms with Crippen molar-refractivity contribution in [3.63, 3.8) is 0 Å². The van der Waals surface area contributed by atoms with E-state index in [2.05, 4.69) is 0 Å². The summed E-state index contributed by atoms with van der Waals surface area (Å²) in [5, 5.41) is -1.22. The standard InChI is InChI=1S/C21H42N2O8P2/c1-9-26-20-17(22-21(27-10-2)19(23-20)16(7)8)15-18(32(24,28-11-3)29-12-4)33(25,30-13-5)31-14-6/h16-19H,9-15H2,1-8H3/t17-,19+/m0/s1. The van der Waals surface area contributed by atoms with E-state index in [1.807, 2.05) is 27.7 Å². The number of nitrogens with zero attached hydrogens (tertiary/aromatic N) is 2. The van der Waals surface area contributed by atoms with E-state index >= 15 is 0 Å². The second-order valence-corrected chi connectivity index (χ2v) is 12.3. The van der Waals surface area contributed by atoms with Crippen LogP contribution in [0.25, 0.3) is 0 Å². The molecule has 0 radical (unpaired) electrons. The first-order chi connectivity index (χ1) is 15.7. The van der Waals surface area contributed by atoms with Gasteiger partial charge in [0.15, 0.2) is 5.40 Å². The third kappa shape index (κ3) is 8.15. The van der Waals surface area contributed by atoms with E-state index in [0.29, 0.717) is 25.0 Å². The highest BCUT2D eigenvalue weighted by Crippen LogP contribution is 2.71. The molecule has 0 aliphatic carbocycles. The molecule has 1 heterocycles. The van der Waals surface area contributed by atoms with Gasteiger partial charge in [-0.15, -0.1) is 0 Å². The first-order valence-electron chi connectivity index (χ1n) is 11.8. The van der Waals surface area contributed by atoms with Gasteiger partial charge in [0.05, 0.1) is 39.6 Å². The number of rotatable bonds is 15. The predicted molar refractivity (Wildman–Crippen MR) is 131 cm³/mol. The van der Waals surface area contributed by atoms with Crippen molar-refractivity contribution in [1.29, 1.82) is 0 Å². The van der Waals surface area contributed by atoms with Crippen LogP contribution >= 0.6 is 15.2 Å². The van der Waals surface area contributed by atoms with Gasteiger partial charge in [-0.05, 0) is 47.5 Å². The predicted octanol–water partition coefficient (Wildman–Crippen LogP) is 5.51. The highest BCUT2D eigenvalue weighted by molar-refractivity contribution is 7.72. The summed E-state index contributed by atoms with van der Waals surface area (Å²) in [4.78, 5) is 9.51. The lowest BCUT2D eigenvalue weighted by Crippen LogP contribution is -2.40. The normalized spacial score (nSPS) is 19.6. The van der Waals surface area contributed by atoms with Crippen LogP contribution in [0.4, 0.5) is 0 Å². The van der Waals surface area contributed by atoms with Gasteiger partial charge in [-0.1, -0.05) is 13.8 Å². The first kappa shape index (κ1) is 30.3. The fraction of sp³-hybridized carbons (Fsp3) is 0.905. The van der Waals surface area contributed by atoms with Crippen LogP contribution in [0.15, 0.2) is 9.98 Å². The van der Waals surface area contributed by atoms with E-state index in [-0.39, 0.29) is 44.8 Å². The van der Waals surface area contributed by atoms with Crippen molar-refractivity contribution in [2.24, 2.45) is 15.9 Å². The maximum absolute atomic E-state index is 13.9. The van der Waals surface area contributed by atoms with Gasteiger partial charge in [0.25, 0.3) is 0 Å². The SMILES string of the molecule is CCOC1=N[C@H](C(C)C)C(OCC)=N[C@H]1CC(P(=O)(OCC)OCC)P(=O)(OCC)OCC. The smallest absolute Gasteiger partial charge is 0.345 e. The van der Waals surface area contributed by atoms with E-state index in [1.165, 1.54) is 0 Å². The monoisotopic (exact) mass is 512 g/mol. The Morgan fingerprint density at radius 3 is 1.48 bits per heavy atom. The van der Waals surface area contributed by atoms with Gasteiger partial charge in [-0.2, -0.15) is 0 Å². The lowest BCUT2D eigenvalue weighted by Gasteiger charge is -2.34. The molecule has 0 spiro atoms. The minimum absolute atomic E-state index is 0.0330. The fourth-order valence-electron chi connectivity index (χ4n) is 3.47. The van der Waals surface area contributed by atoms with Crippen molar-refractivity contribution in [2.45, 2.75) is 79.3 Å². The Kier molecular flexibility index (Phi) is 13.4. The largest absolute Gasteiger partial charge is 0.480 e. The van der Waals surface area contributed by atoms with Crippen LogP contribution in [-0.2, 0) is 36.7 Å². The number of aliphatic imine (C=N–C) groups is 2. The molecular formula is C21H42N2O8P2. The second-order valence-electron chi connectivity index (χ2n) is 7.47. The van der Waals surface area contributed by atoms with Crippen molar-refractivity contribution >= 4 is 27.0 Å². The lowest BCUT2D eigenvalue weighted by atomic mass is 10.0. The van der Waals surface area contributed by atoms with Crippen LogP contribution in [0, 0.1) is 5.92 Å². The zero-order valence-electron chi connectivity index (χ0n) is 21.3. The molecule has 0 fully saturated rings. The van der Waals surface area contributed by atoms with Crippen LogP contribution in [0.5, 0.6) is 0 Å². The topological polar surface area (TPSA) is 114 Å². The van der Waals surface area contributed by atoms with Crippen LogP contribution < -0.4 is 0 Å². The third-order valence-corrected chi connectivity index (χ3v) is 10.8. The molecule has 0 amide bonds. The molecule has 2 atom stereocenters. The second kappa shape index (κ2) is 14.6. The molecule has 10 nitrogen and oxygen atoms in total. The molecule has 0 N–H and O–H groups in total. The molecule has 0 saturated heterocycles. The molecule has 0 aromatic rings. The van der Waals surface area contributed by atoms with E-state index in [0.717, 1.165) is 0 Å². The van der Waals surface area contributed by atoms with Gasteiger partial charge in [-0.3, -0.25) is 9.13 Å². The summed E-state index contributed by atoms with van der Waals surface area (Å²) >= 11 is 0. The molecular weight excluding hydrogens is 470 g/mol. The molecule has 0 bridgehead atoms. The van der Waals surface area contributed by atoms with Crippen molar-refractivity contribution in [2.75, 3.05) is 39.6 Å². The van der Waals surface area contributed by atoms with Crippen molar-refractivity contribution < 1.29 is 36.7 Å². The Morgan fingerprint density at radius 1 is 0.697 bits per heavy atom. The number of hydrogen-bond donors (Lipinski definition) is 0. The summed E-state index contributed by atoms with van der Waals surface area (Å²) in [6.45, 7) is 15.7. The molecule has 1 aliphatic heterocycles. The summed E-state index contributed by atoms with van der Waals surface area (Å²) in [7, 11) is -7.85. The Balaban J connectivity index is 3.58. The minimum Gasteiger partial charge on any atom is -0.480 e. The van der Waals surface area contributed by atoms with Gasteiger partial charge in [0, 0.05) is 6.42 Å². The highest BCUT2D eigenvalue weighted by atomic mass is 31.2. The van der Waals surface area contributed by atoms with Gasteiger partial charge < -0.3 is 27.6 Å². The number of hydrogen-bond acceptors (Lipinski definition) is 10. The van der Waals surface area contributed by atoms with E-state index in [4.69, 9.17) is 37.6 Å². The molecule has 0 saturated carbocycles. The quantitative estimate of drug-likeness (QED) is 0.264. The first-order valence-corrected chi connectivity index (χ1v) is 15.1. The molecule has 1 aliphatic rings. The average Bonchev–Trinajstić information content (AvgIpc) is 2.74. The maximum atomic E-state index is 13.9. The molecule has 0 aromatic heterocycles. The minimum atomic E-state index is -3.93. The zero-order valence-corrected chi connectivity index (χ0v) is 23.1. The van der Waals surface area contributed by atoms with Gasteiger partial charge in [0.1, 0.15) is 12.1 Å². The summed E-state index contributed by atoms with van der Waals surface area (Å²) in [5.74, 6) is 0.951. The molecule has 33 heavy (non-hydrogen) atoms. The van der Waals surface area contributed by atoms with E-state index in [9.17, 15) is 9.13 Å². The number of ether oxygens (including phenoxy) is 2. The summed E-state index contributed by atoms with van der Waals surface area (Å²) < 4.78 is 61.7. The zero-order chi connectivity index (χ0) is 25.1. The van der Waals surface area contributed by atoms with Crippen LogP contribution in [0.2, 0.25) is 0 Å². The highest BCUT2D eigenvalue weighted by Gasteiger charge is 2.53. The van der Waals surface area contributed by atoms with E-state index < -0.39 is 26.6 Å². The average molecular weight is 513 g/mol. The van der Waals surface area contributed by atoms with Crippen LogP contribution in [0.3, 0.4) is 0 Å². The lowest BCUT2D eigenvalue weighted by molar-refractivity contribution is 0.192. The van der Waals surface area contributed by atoms with Crippen molar-refractivity contribution in [3.8, 4) is 0 Å². The summed E-state index contributed by atoms with van der Waals surface area (Å²) in [5.41, 5.74) is 0. The Morgan fingerprint density at radius 2 is 1.12 bits per heavy atom.